The van der Waals surface area contributed by atoms with Crippen LogP contribution in [-0.2, 0) is 4.79 Å². The molecule has 0 aliphatic heterocycles. The van der Waals surface area contributed by atoms with Crippen molar-refractivity contribution in [2.24, 2.45) is 5.73 Å². The molecule has 4 heteroatoms. The highest BCUT2D eigenvalue weighted by atomic mass is 16.3. The fraction of sp³-hybridized carbons (Fsp3) is 0.857. The number of rotatable bonds is 4. The normalized spacial score (nSPS) is 11.5. The summed E-state index contributed by atoms with van der Waals surface area (Å²) in [4.78, 5) is 10.7. The van der Waals surface area contributed by atoms with E-state index < -0.39 is 6.04 Å². The molecule has 0 rings (SSSR count). The second-order valence-electron chi connectivity index (χ2n) is 2.08. The number of aliphatic hydroxyl groups excluding tert-OH is 1. The maximum Gasteiger partial charge on any atom is 0.239 e. The van der Waals surface area contributed by atoms with Crippen LogP contribution in [0.15, 0.2) is 0 Å². The van der Waals surface area contributed by atoms with Gasteiger partial charge in [0.25, 0.3) is 0 Å². The summed E-state index contributed by atoms with van der Waals surface area (Å²) in [5.74, 6) is -0.288. The van der Waals surface area contributed by atoms with E-state index in [1.165, 1.54) is 0 Å². The molecule has 4 nitrogen and oxygen atoms in total. The molecule has 1 atom stereocenters. The third-order valence-corrected chi connectivity index (χ3v) is 1.08. The van der Waals surface area contributed by atoms with E-state index in [1.54, 1.807) is 0 Å². The van der Waals surface area contributed by atoms with Crippen LogP contribution in [0.25, 0.3) is 0 Å². The van der Waals surface area contributed by atoms with E-state index in [4.69, 9.17) is 10.8 Å². The highest BCUT2D eigenvalue weighted by Gasteiger charge is 2.09. The standard InChI is InChI=1S/C6H14N2O2.CH4/c1-2-3-8-6(10)5(7)4-9;/h5,9H,2-4,7H2,1H3,(H,8,10);1H4. The minimum atomic E-state index is -0.772. The van der Waals surface area contributed by atoms with E-state index in [1.807, 2.05) is 6.92 Å². The van der Waals surface area contributed by atoms with Gasteiger partial charge in [0.1, 0.15) is 6.04 Å². The monoisotopic (exact) mass is 162 g/mol. The molecule has 0 aliphatic carbocycles. The number of aliphatic hydroxyl groups is 1. The predicted octanol–water partition coefficient (Wildman–Crippen LogP) is -0.532. The number of amides is 1. The van der Waals surface area contributed by atoms with Crippen molar-refractivity contribution in [2.45, 2.75) is 26.8 Å². The van der Waals surface area contributed by atoms with E-state index in [-0.39, 0.29) is 19.9 Å². The summed E-state index contributed by atoms with van der Waals surface area (Å²) in [6, 6.07) is -0.772. The highest BCUT2D eigenvalue weighted by Crippen LogP contribution is 1.77. The SMILES string of the molecule is C.CCCNC(=O)C(N)CO. The van der Waals surface area contributed by atoms with Crippen molar-refractivity contribution in [1.29, 1.82) is 0 Å². The molecule has 0 heterocycles. The van der Waals surface area contributed by atoms with Crippen LogP contribution in [0.4, 0.5) is 0 Å². The number of nitrogens with one attached hydrogen (secondary N) is 1. The molecule has 4 N–H and O–H groups in total. The average Bonchev–Trinajstić information content (AvgIpc) is 1.98. The lowest BCUT2D eigenvalue weighted by molar-refractivity contribution is -0.123. The molecule has 0 spiro atoms. The Labute approximate surface area is 67.8 Å². The maximum atomic E-state index is 10.7. The largest absolute Gasteiger partial charge is 0.394 e. The molecular formula is C7H18N2O2. The Morgan fingerprint density at radius 3 is 2.64 bits per heavy atom. The Kier molecular flexibility index (Phi) is 8.87. The van der Waals surface area contributed by atoms with Crippen molar-refractivity contribution in [3.05, 3.63) is 0 Å². The van der Waals surface area contributed by atoms with Crippen molar-refractivity contribution >= 4 is 5.91 Å². The van der Waals surface area contributed by atoms with Crippen LogP contribution in [0.3, 0.4) is 0 Å². The van der Waals surface area contributed by atoms with Gasteiger partial charge in [-0.3, -0.25) is 4.79 Å². The first kappa shape index (κ1) is 13.0. The smallest absolute Gasteiger partial charge is 0.239 e. The molecule has 0 fully saturated rings. The Balaban J connectivity index is 0. The second-order valence-corrected chi connectivity index (χ2v) is 2.08. The van der Waals surface area contributed by atoms with E-state index >= 15 is 0 Å². The van der Waals surface area contributed by atoms with E-state index in [0.29, 0.717) is 6.54 Å². The van der Waals surface area contributed by atoms with Crippen LogP contribution >= 0.6 is 0 Å². The molecule has 0 saturated carbocycles. The van der Waals surface area contributed by atoms with Gasteiger partial charge in [0, 0.05) is 6.54 Å². The van der Waals surface area contributed by atoms with E-state index in [0.717, 1.165) is 6.42 Å². The van der Waals surface area contributed by atoms with E-state index in [2.05, 4.69) is 5.32 Å². The summed E-state index contributed by atoms with van der Waals surface area (Å²) >= 11 is 0. The molecule has 0 bridgehead atoms. The van der Waals surface area contributed by atoms with Gasteiger partial charge in [-0.1, -0.05) is 14.4 Å². The predicted molar refractivity (Wildman–Crippen MR) is 45.1 cm³/mol. The molecule has 0 aromatic rings. The van der Waals surface area contributed by atoms with Crippen LogP contribution in [0.1, 0.15) is 20.8 Å². The van der Waals surface area contributed by atoms with Crippen LogP contribution < -0.4 is 11.1 Å². The zero-order chi connectivity index (χ0) is 7.98. The maximum absolute atomic E-state index is 10.7. The van der Waals surface area contributed by atoms with Gasteiger partial charge in [-0.15, -0.1) is 0 Å². The third kappa shape index (κ3) is 5.82. The summed E-state index contributed by atoms with van der Waals surface area (Å²) in [7, 11) is 0. The van der Waals surface area contributed by atoms with Gasteiger partial charge in [-0.05, 0) is 6.42 Å². The Morgan fingerprint density at radius 2 is 2.27 bits per heavy atom. The lowest BCUT2D eigenvalue weighted by atomic mass is 10.3. The number of hydrogen-bond donors (Lipinski definition) is 3. The summed E-state index contributed by atoms with van der Waals surface area (Å²) in [6.07, 6.45) is 0.879. The molecule has 1 unspecified atom stereocenters. The fourth-order valence-electron chi connectivity index (χ4n) is 0.462. The molecule has 1 amide bonds. The zero-order valence-electron chi connectivity index (χ0n) is 6.13. The minimum absolute atomic E-state index is 0. The minimum Gasteiger partial charge on any atom is -0.394 e. The Morgan fingerprint density at radius 1 is 1.73 bits per heavy atom. The molecule has 68 valence electrons. The van der Waals surface area contributed by atoms with Crippen molar-refractivity contribution in [3.63, 3.8) is 0 Å². The molecule has 0 aliphatic rings. The first-order valence-electron chi connectivity index (χ1n) is 3.36. The lowest BCUT2D eigenvalue weighted by Crippen LogP contribution is -2.43. The molecule has 0 aromatic carbocycles. The number of nitrogens with two attached hydrogens (primary N) is 1. The van der Waals surface area contributed by atoms with Crippen LogP contribution in [0, 0.1) is 0 Å². The van der Waals surface area contributed by atoms with Gasteiger partial charge in [0.15, 0.2) is 0 Å². The first-order chi connectivity index (χ1) is 4.72. The number of carbonyl (C=O) groups excluding carboxylic acids is 1. The van der Waals surface area contributed by atoms with Gasteiger partial charge in [0.05, 0.1) is 6.61 Å². The summed E-state index contributed by atoms with van der Waals surface area (Å²) in [6.45, 7) is 2.27. The summed E-state index contributed by atoms with van der Waals surface area (Å²) < 4.78 is 0. The molecule has 0 saturated heterocycles. The molecule has 0 aromatic heterocycles. The topological polar surface area (TPSA) is 75.4 Å². The van der Waals surface area contributed by atoms with Gasteiger partial charge in [-0.25, -0.2) is 0 Å². The van der Waals surface area contributed by atoms with Gasteiger partial charge < -0.3 is 16.2 Å². The third-order valence-electron chi connectivity index (χ3n) is 1.08. The average molecular weight is 162 g/mol. The van der Waals surface area contributed by atoms with Crippen molar-refractivity contribution < 1.29 is 9.90 Å². The highest BCUT2D eigenvalue weighted by molar-refractivity contribution is 5.81. The van der Waals surface area contributed by atoms with Crippen molar-refractivity contribution in [2.75, 3.05) is 13.2 Å². The van der Waals surface area contributed by atoms with Gasteiger partial charge in [-0.2, -0.15) is 0 Å². The quantitative estimate of drug-likeness (QED) is 0.520. The Hall–Kier alpha value is -0.610. The van der Waals surface area contributed by atoms with Crippen LogP contribution in [-0.4, -0.2) is 30.2 Å². The van der Waals surface area contributed by atoms with Crippen molar-refractivity contribution in [1.82, 2.24) is 5.32 Å². The second kappa shape index (κ2) is 7.50. The molecule has 0 radical (unpaired) electrons. The van der Waals surface area contributed by atoms with Crippen LogP contribution in [0.5, 0.6) is 0 Å². The summed E-state index contributed by atoms with van der Waals surface area (Å²) in [5, 5.41) is 11.0. The first-order valence-corrected chi connectivity index (χ1v) is 3.36. The van der Waals surface area contributed by atoms with Crippen LogP contribution in [0.2, 0.25) is 0 Å². The van der Waals surface area contributed by atoms with Gasteiger partial charge in [0.2, 0.25) is 5.91 Å². The van der Waals surface area contributed by atoms with E-state index in [9.17, 15) is 4.79 Å². The Bertz CT molecular complexity index is 107. The fourth-order valence-corrected chi connectivity index (χ4v) is 0.462. The van der Waals surface area contributed by atoms with Gasteiger partial charge >= 0.3 is 0 Å². The molecule has 11 heavy (non-hydrogen) atoms. The molecular weight excluding hydrogens is 144 g/mol. The summed E-state index contributed by atoms with van der Waals surface area (Å²) in [5.41, 5.74) is 5.20. The zero-order valence-corrected chi connectivity index (χ0v) is 6.13. The number of hydrogen-bond acceptors (Lipinski definition) is 3. The number of carbonyl (C=O) groups is 1. The van der Waals surface area contributed by atoms with Crippen molar-refractivity contribution in [3.8, 4) is 0 Å². The lowest BCUT2D eigenvalue weighted by Gasteiger charge is -2.07.